The molecule has 0 aliphatic carbocycles. The minimum atomic E-state index is -3.26. The number of hydrogen-bond donors (Lipinski definition) is 0. The monoisotopic (exact) mass is 578 g/mol. The lowest BCUT2D eigenvalue weighted by Crippen LogP contribution is -2.45. The van der Waals surface area contributed by atoms with Crippen LogP contribution in [0, 0.1) is 67.3 Å². The minimum Gasteiger partial charge on any atom is -0.341 e. The summed E-state index contributed by atoms with van der Waals surface area (Å²) >= 11 is 0. The van der Waals surface area contributed by atoms with Gasteiger partial charge in [-0.1, -0.05) is 54.1 Å². The van der Waals surface area contributed by atoms with Gasteiger partial charge in [-0.05, 0) is 37.5 Å². The van der Waals surface area contributed by atoms with Gasteiger partial charge in [0.05, 0.1) is 24.3 Å². The van der Waals surface area contributed by atoms with Gasteiger partial charge in [0.2, 0.25) is 5.79 Å². The largest absolute Gasteiger partial charge is 0.341 e. The second-order valence-electron chi connectivity index (χ2n) is 9.94. The second kappa shape index (κ2) is 10.6. The highest BCUT2D eigenvalue weighted by Crippen LogP contribution is 2.47. The van der Waals surface area contributed by atoms with Gasteiger partial charge in [0.1, 0.15) is 11.6 Å². The summed E-state index contributed by atoms with van der Waals surface area (Å²) in [5.74, 6) is -20.0. The van der Waals surface area contributed by atoms with E-state index in [2.05, 4.69) is 0 Å². The van der Waals surface area contributed by atoms with Crippen LogP contribution in [0.5, 0.6) is 0 Å². The van der Waals surface area contributed by atoms with Gasteiger partial charge < -0.3 is 9.47 Å². The van der Waals surface area contributed by atoms with E-state index < -0.39 is 93.7 Å². The smallest absolute Gasteiger partial charge is 0.234 e. The molecule has 0 spiro atoms. The average Bonchev–Trinajstić information content (AvgIpc) is 2.98. The summed E-state index contributed by atoms with van der Waals surface area (Å²) in [7, 11) is 0. The fourth-order valence-electron chi connectivity index (χ4n) is 4.91. The highest BCUT2D eigenvalue weighted by Gasteiger charge is 2.52. The third-order valence-electron chi connectivity index (χ3n) is 7.37. The van der Waals surface area contributed by atoms with Crippen LogP contribution < -0.4 is 0 Å². The molecule has 1 heterocycles. The Kier molecular flexibility index (Phi) is 7.42. The Morgan fingerprint density at radius 3 is 1.32 bits per heavy atom. The van der Waals surface area contributed by atoms with Gasteiger partial charge in [-0.25, -0.2) is 35.1 Å². The predicted octanol–water partition coefficient (Wildman–Crippen LogP) is 8.42. The van der Waals surface area contributed by atoms with E-state index in [9.17, 15) is 17.6 Å². The third-order valence-corrected chi connectivity index (χ3v) is 7.37. The Morgan fingerprint density at radius 2 is 0.902 bits per heavy atom. The molecular weight excluding hydrogens is 556 g/mol. The van der Waals surface area contributed by atoms with Crippen LogP contribution in [-0.2, 0) is 15.3 Å². The second-order valence-corrected chi connectivity index (χ2v) is 9.94. The van der Waals surface area contributed by atoms with Crippen molar-refractivity contribution in [3.63, 3.8) is 0 Å². The molecule has 214 valence electrons. The van der Waals surface area contributed by atoms with Crippen molar-refractivity contribution >= 4 is 0 Å². The Balaban J connectivity index is 1.60. The van der Waals surface area contributed by atoms with Crippen LogP contribution in [0.15, 0.2) is 48.5 Å². The van der Waals surface area contributed by atoms with Crippen molar-refractivity contribution in [2.75, 3.05) is 13.2 Å². The van der Waals surface area contributed by atoms with Crippen LogP contribution in [0.1, 0.15) is 39.3 Å². The highest BCUT2D eigenvalue weighted by atomic mass is 19.2. The van der Waals surface area contributed by atoms with E-state index in [0.29, 0.717) is 5.56 Å². The van der Waals surface area contributed by atoms with Crippen molar-refractivity contribution in [2.24, 2.45) is 0 Å². The molecule has 0 unspecified atom stereocenters. The molecule has 2 nitrogen and oxygen atoms in total. The zero-order valence-electron chi connectivity index (χ0n) is 22.0. The van der Waals surface area contributed by atoms with Gasteiger partial charge in [0.25, 0.3) is 0 Å². The van der Waals surface area contributed by atoms with E-state index in [0.717, 1.165) is 30.5 Å². The molecule has 0 radical (unpaired) electrons. The topological polar surface area (TPSA) is 18.5 Å². The summed E-state index contributed by atoms with van der Waals surface area (Å²) in [5, 5.41) is 0. The fraction of sp³-hybridized carbons (Fsp3) is 0.226. The fourth-order valence-corrected chi connectivity index (χ4v) is 4.91. The molecule has 1 fully saturated rings. The summed E-state index contributed by atoms with van der Waals surface area (Å²) in [5.41, 5.74) is -1.65. The number of halogens is 8. The van der Waals surface area contributed by atoms with Gasteiger partial charge >= 0.3 is 0 Å². The minimum absolute atomic E-state index is 0.502. The number of benzene rings is 4. The van der Waals surface area contributed by atoms with E-state index >= 15 is 17.6 Å². The molecule has 0 amide bonds. The van der Waals surface area contributed by atoms with Gasteiger partial charge in [0, 0.05) is 17.0 Å². The van der Waals surface area contributed by atoms with E-state index in [-0.39, 0.29) is 0 Å². The summed E-state index contributed by atoms with van der Waals surface area (Å²) in [6.07, 6.45) is 0. The summed E-state index contributed by atoms with van der Waals surface area (Å²) in [6.45, 7) is 2.47. The Bertz CT molecular complexity index is 1510. The van der Waals surface area contributed by atoms with Crippen LogP contribution in [0.3, 0.4) is 0 Å². The van der Waals surface area contributed by atoms with Crippen molar-refractivity contribution in [1.82, 2.24) is 0 Å². The molecule has 10 heteroatoms. The molecule has 1 aliphatic rings. The molecule has 1 aliphatic heterocycles. The number of rotatable bonds is 4. The van der Waals surface area contributed by atoms with Crippen molar-refractivity contribution in [3.8, 4) is 11.1 Å². The van der Waals surface area contributed by atoms with Crippen LogP contribution in [0.4, 0.5) is 35.1 Å². The zero-order valence-corrected chi connectivity index (χ0v) is 22.0. The Morgan fingerprint density at radius 1 is 0.512 bits per heavy atom. The van der Waals surface area contributed by atoms with Crippen LogP contribution in [0.2, 0.25) is 0 Å². The van der Waals surface area contributed by atoms with E-state index in [1.165, 1.54) is 0 Å². The van der Waals surface area contributed by atoms with Crippen molar-refractivity contribution < 1.29 is 44.6 Å². The van der Waals surface area contributed by atoms with Gasteiger partial charge in [-0.15, -0.1) is 0 Å². The van der Waals surface area contributed by atoms with E-state index in [1.807, 2.05) is 31.2 Å². The first-order valence-corrected chi connectivity index (χ1v) is 12.5. The quantitative estimate of drug-likeness (QED) is 0.138. The molecule has 4 aromatic rings. The maximum Gasteiger partial charge on any atom is 0.234 e. The maximum absolute atomic E-state index is 15.4. The number of ether oxygens (including phenoxy) is 2. The lowest BCUT2D eigenvalue weighted by molar-refractivity contribution is -0.262. The predicted molar refractivity (Wildman–Crippen MR) is 134 cm³/mol. The first kappa shape index (κ1) is 28.8. The number of aryl methyl sites for hydroxylation is 1. The third kappa shape index (κ3) is 4.59. The van der Waals surface area contributed by atoms with Crippen molar-refractivity contribution in [1.29, 1.82) is 0 Å². The Hall–Kier alpha value is -3.76. The molecule has 0 atom stereocenters. The molecule has 0 aromatic heterocycles. The van der Waals surface area contributed by atoms with Gasteiger partial charge in [-0.2, -0.15) is 0 Å². The molecule has 0 N–H and O–H groups in total. The molecule has 1 saturated heterocycles. The molecule has 0 bridgehead atoms. The van der Waals surface area contributed by atoms with Crippen LogP contribution in [-0.4, -0.2) is 13.2 Å². The van der Waals surface area contributed by atoms with Crippen molar-refractivity contribution in [3.05, 3.63) is 128 Å². The van der Waals surface area contributed by atoms with Crippen molar-refractivity contribution in [2.45, 2.75) is 32.5 Å². The zero-order chi connectivity index (χ0) is 29.8. The summed E-state index contributed by atoms with van der Waals surface area (Å²) in [6, 6.07) is 14.8. The first-order chi connectivity index (χ1) is 19.4. The molecule has 0 saturated carbocycles. The normalized spacial score (nSPS) is 15.4. The lowest BCUT2D eigenvalue weighted by Gasteiger charge is -2.41. The van der Waals surface area contributed by atoms with E-state index in [1.54, 1.807) is 24.3 Å². The highest BCUT2D eigenvalue weighted by molar-refractivity contribution is 5.64. The number of hydrogen-bond acceptors (Lipinski definition) is 2. The summed E-state index contributed by atoms with van der Waals surface area (Å²) < 4.78 is 130. The molecule has 5 rings (SSSR count). The molecular formula is C31H22F8O2. The van der Waals surface area contributed by atoms with E-state index in [4.69, 9.17) is 9.47 Å². The van der Waals surface area contributed by atoms with Gasteiger partial charge in [0.15, 0.2) is 34.9 Å². The maximum atomic E-state index is 15.4. The molecule has 4 aromatic carbocycles. The standard InChI is InChI=1S/C31H22F8O2/c1-14-4-6-17(7-5-14)18-8-10-19(11-9-18)20-12-40-31(41-13-20,21-23(32)15(2)25(34)29(38)27(21)36)22-24(33)16(3)26(35)30(39)28(22)37/h4-11,20H,12-13H2,1-3H3. The average molecular weight is 578 g/mol. The van der Waals surface area contributed by atoms with Crippen LogP contribution in [0.25, 0.3) is 11.1 Å². The summed E-state index contributed by atoms with van der Waals surface area (Å²) in [4.78, 5) is 0. The van der Waals surface area contributed by atoms with Crippen LogP contribution >= 0.6 is 0 Å². The SMILES string of the molecule is Cc1ccc(-c2ccc(C3COC(c4c(F)c(C)c(F)c(F)c4F)(c4c(F)c(C)c(F)c(F)c4F)OC3)cc2)cc1. The lowest BCUT2D eigenvalue weighted by atomic mass is 9.89. The van der Waals surface area contributed by atoms with Gasteiger partial charge in [-0.3, -0.25) is 0 Å². The Labute approximate surface area is 230 Å². The molecule has 41 heavy (non-hydrogen) atoms. The first-order valence-electron chi connectivity index (χ1n) is 12.5.